The summed E-state index contributed by atoms with van der Waals surface area (Å²) in [5.74, 6) is 0. The number of halogens is 1. The van der Waals surface area contributed by atoms with Crippen LogP contribution < -0.4 is 10.6 Å². The lowest BCUT2D eigenvalue weighted by atomic mass is 10.1. The number of benzene rings is 1. The topological polar surface area (TPSA) is 55.0 Å². The van der Waals surface area contributed by atoms with Gasteiger partial charge in [-0.1, -0.05) is 0 Å². The van der Waals surface area contributed by atoms with Crippen LogP contribution in [0.2, 0.25) is 0 Å². The second-order valence-corrected chi connectivity index (χ2v) is 6.92. The number of anilines is 2. The maximum absolute atomic E-state index is 6.06. The molecule has 1 aromatic carbocycles. The number of thiazole rings is 1. The molecule has 0 saturated carbocycles. The van der Waals surface area contributed by atoms with Crippen molar-refractivity contribution in [3.8, 4) is 0 Å². The number of pyridine rings is 1. The molecule has 3 aromatic rings. The Morgan fingerprint density at radius 2 is 2.19 bits per heavy atom. The molecule has 0 fully saturated rings. The van der Waals surface area contributed by atoms with Crippen molar-refractivity contribution >= 4 is 49.5 Å². The fourth-order valence-corrected chi connectivity index (χ4v) is 3.25. The van der Waals surface area contributed by atoms with Gasteiger partial charge < -0.3 is 10.6 Å². The molecule has 0 unspecified atom stereocenters. The minimum absolute atomic E-state index is 0.737. The van der Waals surface area contributed by atoms with E-state index in [0.717, 1.165) is 44.0 Å². The van der Waals surface area contributed by atoms with Gasteiger partial charge in [0.1, 0.15) is 0 Å². The average molecular weight is 363 g/mol. The molecule has 21 heavy (non-hydrogen) atoms. The molecule has 0 spiro atoms. The first kappa shape index (κ1) is 14.3. The molecule has 2 N–H and O–H groups in total. The standard InChI is InChI=1S/C15H15BrN4S/c1-9-19-11(8-21-9)7-20(2)14-4-3-13(17)12-5-10(16)6-18-15(12)14/h3-6,8H,7,17H2,1-2H3. The molecule has 0 radical (unpaired) electrons. The summed E-state index contributed by atoms with van der Waals surface area (Å²) in [5.41, 5.74) is 9.83. The van der Waals surface area contributed by atoms with E-state index in [1.165, 1.54) is 0 Å². The van der Waals surface area contributed by atoms with Crippen molar-refractivity contribution < 1.29 is 0 Å². The number of aryl methyl sites for hydroxylation is 1. The van der Waals surface area contributed by atoms with Gasteiger partial charge in [-0.25, -0.2) is 4.98 Å². The summed E-state index contributed by atoms with van der Waals surface area (Å²) in [6.45, 7) is 2.77. The molecule has 6 heteroatoms. The van der Waals surface area contributed by atoms with E-state index in [1.807, 2.05) is 32.2 Å². The summed E-state index contributed by atoms with van der Waals surface area (Å²) in [4.78, 5) is 11.2. The van der Waals surface area contributed by atoms with Gasteiger partial charge in [-0.2, -0.15) is 0 Å². The van der Waals surface area contributed by atoms with E-state index in [0.29, 0.717) is 0 Å². The van der Waals surface area contributed by atoms with Crippen LogP contribution in [0.25, 0.3) is 10.9 Å². The SMILES string of the molecule is Cc1nc(CN(C)c2ccc(N)c3cc(Br)cnc23)cs1. The highest BCUT2D eigenvalue weighted by Crippen LogP contribution is 2.31. The summed E-state index contributed by atoms with van der Waals surface area (Å²) >= 11 is 5.11. The monoisotopic (exact) mass is 362 g/mol. The van der Waals surface area contributed by atoms with Gasteiger partial charge in [0.2, 0.25) is 0 Å². The Bertz CT molecular complexity index is 799. The number of hydrogen-bond acceptors (Lipinski definition) is 5. The molecule has 4 nitrogen and oxygen atoms in total. The second kappa shape index (κ2) is 5.61. The van der Waals surface area contributed by atoms with E-state index in [9.17, 15) is 0 Å². The normalized spacial score (nSPS) is 11.0. The third kappa shape index (κ3) is 2.87. The van der Waals surface area contributed by atoms with Gasteiger partial charge in [-0.3, -0.25) is 4.98 Å². The largest absolute Gasteiger partial charge is 0.398 e. The summed E-state index contributed by atoms with van der Waals surface area (Å²) in [6, 6.07) is 5.94. The minimum atomic E-state index is 0.737. The third-order valence-electron chi connectivity index (χ3n) is 3.31. The van der Waals surface area contributed by atoms with Crippen LogP contribution in [0.5, 0.6) is 0 Å². The molecule has 2 aromatic heterocycles. The van der Waals surface area contributed by atoms with Gasteiger partial charge in [-0.05, 0) is 41.1 Å². The summed E-state index contributed by atoms with van der Waals surface area (Å²) < 4.78 is 0.927. The van der Waals surface area contributed by atoms with Crippen LogP contribution in [-0.4, -0.2) is 17.0 Å². The maximum Gasteiger partial charge on any atom is 0.0956 e. The van der Waals surface area contributed by atoms with Crippen LogP contribution in [0.3, 0.4) is 0 Å². The quantitative estimate of drug-likeness (QED) is 0.715. The van der Waals surface area contributed by atoms with Gasteiger partial charge in [0.05, 0.1) is 28.5 Å². The van der Waals surface area contributed by atoms with Gasteiger partial charge in [-0.15, -0.1) is 11.3 Å². The Morgan fingerprint density at radius 3 is 2.90 bits per heavy atom. The number of nitrogens with two attached hydrogens (primary N) is 1. The second-order valence-electron chi connectivity index (χ2n) is 4.94. The van der Waals surface area contributed by atoms with E-state index in [-0.39, 0.29) is 0 Å². The van der Waals surface area contributed by atoms with E-state index in [2.05, 4.69) is 36.2 Å². The van der Waals surface area contributed by atoms with Crippen LogP contribution >= 0.6 is 27.3 Å². The van der Waals surface area contributed by atoms with Gasteiger partial charge in [0, 0.05) is 34.2 Å². The molecule has 0 aliphatic rings. The smallest absolute Gasteiger partial charge is 0.0956 e. The van der Waals surface area contributed by atoms with Crippen LogP contribution in [0.1, 0.15) is 10.7 Å². The lowest BCUT2D eigenvalue weighted by molar-refractivity contribution is 0.893. The zero-order valence-electron chi connectivity index (χ0n) is 11.8. The molecule has 0 aliphatic carbocycles. The fraction of sp³-hybridized carbons (Fsp3) is 0.200. The highest BCUT2D eigenvalue weighted by atomic mass is 79.9. The zero-order chi connectivity index (χ0) is 15.0. The van der Waals surface area contributed by atoms with E-state index >= 15 is 0 Å². The number of hydrogen-bond donors (Lipinski definition) is 1. The van der Waals surface area contributed by atoms with Crippen molar-refractivity contribution in [2.24, 2.45) is 0 Å². The Labute approximate surface area is 135 Å². The van der Waals surface area contributed by atoms with Gasteiger partial charge in [0.15, 0.2) is 0 Å². The molecule has 0 amide bonds. The Hall–Kier alpha value is -1.66. The molecule has 0 saturated heterocycles. The van der Waals surface area contributed by atoms with Crippen LogP contribution in [0, 0.1) is 6.92 Å². The Morgan fingerprint density at radius 1 is 1.38 bits per heavy atom. The Balaban J connectivity index is 2.01. The average Bonchev–Trinajstić information content (AvgIpc) is 2.85. The molecule has 0 atom stereocenters. The first-order chi connectivity index (χ1) is 10.0. The van der Waals surface area contributed by atoms with Crippen LogP contribution in [-0.2, 0) is 6.54 Å². The molecule has 0 bridgehead atoms. The summed E-state index contributed by atoms with van der Waals surface area (Å²) in [6.07, 6.45) is 1.80. The Kier molecular flexibility index (Phi) is 3.82. The summed E-state index contributed by atoms with van der Waals surface area (Å²) in [7, 11) is 2.05. The van der Waals surface area contributed by atoms with Crippen molar-refractivity contribution in [1.29, 1.82) is 0 Å². The van der Waals surface area contributed by atoms with Crippen molar-refractivity contribution in [3.05, 3.63) is 45.0 Å². The maximum atomic E-state index is 6.06. The molecule has 2 heterocycles. The number of aromatic nitrogens is 2. The lowest BCUT2D eigenvalue weighted by Gasteiger charge is -2.20. The molecule has 108 valence electrons. The minimum Gasteiger partial charge on any atom is -0.398 e. The number of nitrogens with zero attached hydrogens (tertiary/aromatic N) is 3. The van der Waals surface area contributed by atoms with Crippen molar-refractivity contribution in [1.82, 2.24) is 9.97 Å². The van der Waals surface area contributed by atoms with Gasteiger partial charge in [0.25, 0.3) is 0 Å². The summed E-state index contributed by atoms with van der Waals surface area (Å²) in [5, 5.41) is 4.14. The molecular formula is C15H15BrN4S. The predicted octanol–water partition coefficient (Wildman–Crippen LogP) is 3.98. The van der Waals surface area contributed by atoms with E-state index < -0.39 is 0 Å². The van der Waals surface area contributed by atoms with Crippen LogP contribution in [0.15, 0.2) is 34.2 Å². The highest BCUT2D eigenvalue weighted by Gasteiger charge is 2.11. The van der Waals surface area contributed by atoms with Crippen molar-refractivity contribution in [2.75, 3.05) is 17.7 Å². The molecule has 0 aliphatic heterocycles. The lowest BCUT2D eigenvalue weighted by Crippen LogP contribution is -2.17. The highest BCUT2D eigenvalue weighted by molar-refractivity contribution is 9.10. The first-order valence-corrected chi connectivity index (χ1v) is 8.18. The predicted molar refractivity (Wildman–Crippen MR) is 92.8 cm³/mol. The number of nitrogen functional groups attached to an aromatic ring is 1. The third-order valence-corrected chi connectivity index (χ3v) is 4.56. The first-order valence-electron chi connectivity index (χ1n) is 6.50. The van der Waals surface area contributed by atoms with Crippen molar-refractivity contribution in [2.45, 2.75) is 13.5 Å². The van der Waals surface area contributed by atoms with E-state index in [4.69, 9.17) is 5.73 Å². The van der Waals surface area contributed by atoms with Crippen LogP contribution in [0.4, 0.5) is 11.4 Å². The number of fused-ring (bicyclic) bond motifs is 1. The van der Waals surface area contributed by atoms with E-state index in [1.54, 1.807) is 17.5 Å². The van der Waals surface area contributed by atoms with Crippen molar-refractivity contribution in [3.63, 3.8) is 0 Å². The molecular weight excluding hydrogens is 348 g/mol. The molecule has 3 rings (SSSR count). The number of rotatable bonds is 3. The zero-order valence-corrected chi connectivity index (χ0v) is 14.2. The fourth-order valence-electron chi connectivity index (χ4n) is 2.32. The van der Waals surface area contributed by atoms with Gasteiger partial charge >= 0.3 is 0 Å².